The van der Waals surface area contributed by atoms with Gasteiger partial charge in [-0.2, -0.15) is 0 Å². The second-order valence-electron chi connectivity index (χ2n) is 9.11. The minimum Gasteiger partial charge on any atom is -0.339 e. The molecule has 1 aromatic rings. The van der Waals surface area contributed by atoms with E-state index in [1.807, 2.05) is 30.3 Å². The predicted molar refractivity (Wildman–Crippen MR) is 119 cm³/mol. The number of rotatable bonds is 6. The lowest BCUT2D eigenvalue weighted by Gasteiger charge is -2.38. The highest BCUT2D eigenvalue weighted by Crippen LogP contribution is 2.24. The molecule has 1 N–H and O–H groups in total. The molecule has 2 unspecified atom stereocenters. The molecule has 3 aliphatic rings. The number of benzene rings is 1. The van der Waals surface area contributed by atoms with Crippen LogP contribution in [0.2, 0.25) is 0 Å². The summed E-state index contributed by atoms with van der Waals surface area (Å²) in [6, 6.07) is 9.24. The molecule has 1 aromatic carbocycles. The van der Waals surface area contributed by atoms with E-state index in [4.69, 9.17) is 0 Å². The third-order valence-corrected chi connectivity index (χ3v) is 8.54. The van der Waals surface area contributed by atoms with Crippen LogP contribution < -0.4 is 5.32 Å². The Balaban J connectivity index is 1.29. The van der Waals surface area contributed by atoms with Gasteiger partial charge < -0.3 is 10.2 Å². The van der Waals surface area contributed by atoms with Crippen LogP contribution in [-0.4, -0.2) is 96.8 Å². The van der Waals surface area contributed by atoms with Gasteiger partial charge in [-0.25, -0.2) is 13.2 Å². The Kier molecular flexibility index (Phi) is 6.26. The van der Waals surface area contributed by atoms with Gasteiger partial charge in [0.1, 0.15) is 12.1 Å². The molecule has 10 heteroatoms. The molecule has 3 saturated heterocycles. The van der Waals surface area contributed by atoms with Gasteiger partial charge in [-0.1, -0.05) is 30.3 Å². The number of piperazine rings is 1. The number of amides is 4. The Bertz CT molecular complexity index is 991. The third-order valence-electron chi connectivity index (χ3n) is 6.79. The third kappa shape index (κ3) is 4.80. The molecule has 0 saturated carbocycles. The maximum atomic E-state index is 13.0. The van der Waals surface area contributed by atoms with Crippen LogP contribution >= 0.6 is 0 Å². The summed E-state index contributed by atoms with van der Waals surface area (Å²) in [5.74, 6) is -0.224. The summed E-state index contributed by atoms with van der Waals surface area (Å²) in [7, 11) is -2.95. The summed E-state index contributed by atoms with van der Waals surface area (Å²) in [6.07, 6.45) is 1.74. The number of carbonyl (C=O) groups is 3. The largest absolute Gasteiger partial charge is 0.339 e. The normalized spacial score (nSPS) is 28.2. The number of nitrogens with zero attached hydrogens (tertiary/aromatic N) is 3. The standard InChI is InChI=1S/C22H30N4O5S/c1-22(9-7-17-5-3-2-4-6-17)20(28)26(21(29)23-22)15-19(27)25-12-10-24(11-13-25)18-8-14-32(30,31)16-18/h2-6,18H,7-16H2,1H3,(H,23,29). The number of nitrogens with one attached hydrogen (secondary N) is 1. The van der Waals surface area contributed by atoms with Gasteiger partial charge in [0.05, 0.1) is 11.5 Å². The van der Waals surface area contributed by atoms with Crippen LogP contribution in [0.25, 0.3) is 0 Å². The SMILES string of the molecule is CC1(CCc2ccccc2)NC(=O)N(CC(=O)N2CCN(C3CCS(=O)(=O)C3)CC2)C1=O. The van der Waals surface area contributed by atoms with Gasteiger partial charge in [-0.15, -0.1) is 0 Å². The van der Waals surface area contributed by atoms with Crippen molar-refractivity contribution in [3.05, 3.63) is 35.9 Å². The summed E-state index contributed by atoms with van der Waals surface area (Å²) >= 11 is 0. The van der Waals surface area contributed by atoms with Crippen LogP contribution in [0.15, 0.2) is 30.3 Å². The lowest BCUT2D eigenvalue weighted by atomic mass is 9.93. The number of urea groups is 1. The van der Waals surface area contributed by atoms with Crippen LogP contribution in [0.1, 0.15) is 25.3 Å². The van der Waals surface area contributed by atoms with Crippen molar-refractivity contribution in [2.75, 3.05) is 44.2 Å². The topological polar surface area (TPSA) is 107 Å². The van der Waals surface area contributed by atoms with Crippen molar-refractivity contribution in [3.63, 3.8) is 0 Å². The summed E-state index contributed by atoms with van der Waals surface area (Å²) < 4.78 is 23.4. The molecule has 32 heavy (non-hydrogen) atoms. The average Bonchev–Trinajstić information content (AvgIpc) is 3.25. The first-order chi connectivity index (χ1) is 15.2. The van der Waals surface area contributed by atoms with Crippen molar-refractivity contribution in [2.45, 2.75) is 37.8 Å². The van der Waals surface area contributed by atoms with Gasteiger partial charge in [0.2, 0.25) is 5.91 Å². The highest BCUT2D eigenvalue weighted by Gasteiger charge is 2.48. The molecule has 0 radical (unpaired) electrons. The highest BCUT2D eigenvalue weighted by molar-refractivity contribution is 7.91. The quantitative estimate of drug-likeness (QED) is 0.608. The minimum absolute atomic E-state index is 0.0218. The lowest BCUT2D eigenvalue weighted by Crippen LogP contribution is -2.54. The van der Waals surface area contributed by atoms with Crippen molar-refractivity contribution in [3.8, 4) is 0 Å². The second kappa shape index (κ2) is 8.82. The minimum atomic E-state index is -2.95. The van der Waals surface area contributed by atoms with E-state index in [1.165, 1.54) is 0 Å². The molecule has 0 aromatic heterocycles. The molecule has 2 atom stereocenters. The smallest absolute Gasteiger partial charge is 0.325 e. The van der Waals surface area contributed by atoms with Gasteiger partial charge in [0.25, 0.3) is 5.91 Å². The molecule has 174 valence electrons. The Morgan fingerprint density at radius 2 is 1.81 bits per heavy atom. The van der Waals surface area contributed by atoms with Crippen LogP contribution in [-0.2, 0) is 25.8 Å². The van der Waals surface area contributed by atoms with Gasteiger partial charge in [0, 0.05) is 32.2 Å². The summed E-state index contributed by atoms with van der Waals surface area (Å²) in [5.41, 5.74) is 0.0538. The molecule has 3 aliphatic heterocycles. The molecule has 0 aliphatic carbocycles. The molecule has 3 fully saturated rings. The number of sulfone groups is 1. The zero-order valence-electron chi connectivity index (χ0n) is 18.3. The van der Waals surface area contributed by atoms with Crippen LogP contribution in [0.3, 0.4) is 0 Å². The maximum Gasteiger partial charge on any atom is 0.325 e. The Labute approximate surface area is 188 Å². The van der Waals surface area contributed by atoms with Crippen molar-refractivity contribution >= 4 is 27.7 Å². The van der Waals surface area contributed by atoms with Crippen molar-refractivity contribution in [1.82, 2.24) is 20.0 Å². The first kappa shape index (κ1) is 22.7. The first-order valence-electron chi connectivity index (χ1n) is 11.1. The molecule has 3 heterocycles. The predicted octanol–water partition coefficient (Wildman–Crippen LogP) is 0.261. The maximum absolute atomic E-state index is 13.0. The van der Waals surface area contributed by atoms with Crippen LogP contribution in [0, 0.1) is 0 Å². The number of imide groups is 1. The van der Waals surface area contributed by atoms with E-state index in [0.717, 1.165) is 10.5 Å². The molecule has 0 bridgehead atoms. The number of hydrogen-bond donors (Lipinski definition) is 1. The van der Waals surface area contributed by atoms with Gasteiger partial charge >= 0.3 is 6.03 Å². The van der Waals surface area contributed by atoms with Gasteiger partial charge in [-0.05, 0) is 31.7 Å². The van der Waals surface area contributed by atoms with E-state index >= 15 is 0 Å². The van der Waals surface area contributed by atoms with Crippen LogP contribution in [0.5, 0.6) is 0 Å². The number of aryl methyl sites for hydroxylation is 1. The van der Waals surface area contributed by atoms with Gasteiger partial charge in [-0.3, -0.25) is 19.4 Å². The van der Waals surface area contributed by atoms with E-state index in [1.54, 1.807) is 11.8 Å². The van der Waals surface area contributed by atoms with E-state index in [-0.39, 0.29) is 35.9 Å². The van der Waals surface area contributed by atoms with E-state index in [9.17, 15) is 22.8 Å². The fraction of sp³-hybridized carbons (Fsp3) is 0.591. The Hall–Kier alpha value is -2.46. The monoisotopic (exact) mass is 462 g/mol. The molecule has 4 rings (SSSR count). The fourth-order valence-corrected chi connectivity index (χ4v) is 6.50. The van der Waals surface area contributed by atoms with Crippen molar-refractivity contribution < 1.29 is 22.8 Å². The fourth-order valence-electron chi connectivity index (χ4n) is 4.73. The number of hydrogen-bond acceptors (Lipinski definition) is 6. The zero-order valence-corrected chi connectivity index (χ0v) is 19.1. The first-order valence-corrected chi connectivity index (χ1v) is 12.9. The molecular formula is C22H30N4O5S. The molecule has 4 amide bonds. The lowest BCUT2D eigenvalue weighted by molar-refractivity contribution is -0.140. The molecule has 9 nitrogen and oxygen atoms in total. The summed E-state index contributed by atoms with van der Waals surface area (Å²) in [4.78, 5) is 43.0. The van der Waals surface area contributed by atoms with E-state index in [2.05, 4.69) is 10.2 Å². The van der Waals surface area contributed by atoms with Gasteiger partial charge in [0.15, 0.2) is 9.84 Å². The summed E-state index contributed by atoms with van der Waals surface area (Å²) in [6.45, 7) is 3.55. The number of carbonyl (C=O) groups excluding carboxylic acids is 3. The van der Waals surface area contributed by atoms with Crippen LogP contribution in [0.4, 0.5) is 4.79 Å². The van der Waals surface area contributed by atoms with E-state index in [0.29, 0.717) is 45.4 Å². The average molecular weight is 463 g/mol. The molecule has 0 spiro atoms. The highest BCUT2D eigenvalue weighted by atomic mass is 32.2. The zero-order chi connectivity index (χ0) is 22.9. The Morgan fingerprint density at radius 3 is 2.44 bits per heavy atom. The Morgan fingerprint density at radius 1 is 1.12 bits per heavy atom. The molecular weight excluding hydrogens is 432 g/mol. The second-order valence-corrected chi connectivity index (χ2v) is 11.3. The van der Waals surface area contributed by atoms with E-state index < -0.39 is 21.4 Å². The summed E-state index contributed by atoms with van der Waals surface area (Å²) in [5, 5.41) is 2.76. The van der Waals surface area contributed by atoms with Crippen molar-refractivity contribution in [1.29, 1.82) is 0 Å². The van der Waals surface area contributed by atoms with Crippen molar-refractivity contribution in [2.24, 2.45) is 0 Å².